The number of esters is 4. The van der Waals surface area contributed by atoms with Crippen LogP contribution in [0.1, 0.15) is 139 Å². The Kier molecular flexibility index (Phi) is 12.4. The van der Waals surface area contributed by atoms with Crippen molar-refractivity contribution in [3.05, 3.63) is 11.6 Å². The summed E-state index contributed by atoms with van der Waals surface area (Å²) in [5.74, 6) is -0.0505. The molecule has 0 spiro atoms. The van der Waals surface area contributed by atoms with E-state index in [-0.39, 0.29) is 17.9 Å². The van der Waals surface area contributed by atoms with E-state index in [9.17, 15) is 19.2 Å². The molecule has 288 valence electrons. The molecular weight excluding hydrogens is 652 g/mol. The molecule has 12 atom stereocenters. The number of carbonyl (C=O) groups is 4. The van der Waals surface area contributed by atoms with Gasteiger partial charge in [-0.2, -0.15) is 0 Å². The molecule has 0 N–H and O–H groups in total. The third kappa shape index (κ3) is 8.53. The number of fused-ring (bicyclic) bond motifs is 5. The van der Waals surface area contributed by atoms with Crippen molar-refractivity contribution in [2.45, 2.75) is 170 Å². The van der Waals surface area contributed by atoms with Gasteiger partial charge in [0.1, 0.15) is 0 Å². The van der Waals surface area contributed by atoms with E-state index in [2.05, 4.69) is 40.7 Å². The van der Waals surface area contributed by atoms with Crippen LogP contribution >= 0.6 is 0 Å². The smallest absolute Gasteiger partial charge is 0.305 e. The Balaban J connectivity index is 1.32. The minimum atomic E-state index is -1.98. The molecule has 5 rings (SSSR count). The van der Waals surface area contributed by atoms with E-state index in [4.69, 9.17) is 28.4 Å². The lowest BCUT2D eigenvalue weighted by molar-refractivity contribution is -0.384. The van der Waals surface area contributed by atoms with Crippen molar-refractivity contribution in [1.29, 1.82) is 0 Å². The van der Waals surface area contributed by atoms with Crippen LogP contribution in [0.2, 0.25) is 0 Å². The maximum Gasteiger partial charge on any atom is 0.305 e. The first-order valence-corrected chi connectivity index (χ1v) is 19.7. The van der Waals surface area contributed by atoms with Gasteiger partial charge in [0, 0.05) is 34.1 Å². The van der Waals surface area contributed by atoms with Crippen molar-refractivity contribution in [2.24, 2.45) is 46.3 Å². The highest BCUT2D eigenvalue weighted by molar-refractivity contribution is 5.68. The summed E-state index contributed by atoms with van der Waals surface area (Å²) in [7, 11) is 0. The Morgan fingerprint density at radius 1 is 0.863 bits per heavy atom. The standard InChI is InChI=1S/C41H64O10/c1-24(2)11-10-12-25(3)33-15-16-34-32-14-13-30-21-31(17-19-39(30,8)35(32)18-20-40(33,34)9)49-38-36(47-27(5)43)22-37(48-28(6)44)41(51-38,50-29(7)45)23-46-26(4)42/h13,24-25,31-38H,10-12,14-23H2,1-9H3. The van der Waals surface area contributed by atoms with Gasteiger partial charge in [-0.1, -0.05) is 65.5 Å². The zero-order chi connectivity index (χ0) is 37.3. The van der Waals surface area contributed by atoms with Crippen LogP contribution in [-0.4, -0.2) is 60.9 Å². The van der Waals surface area contributed by atoms with Gasteiger partial charge in [-0.05, 0) is 97.7 Å². The van der Waals surface area contributed by atoms with E-state index in [1.54, 1.807) is 0 Å². The lowest BCUT2D eigenvalue weighted by Crippen LogP contribution is -2.63. The molecule has 4 fully saturated rings. The topological polar surface area (TPSA) is 124 Å². The Hall–Kier alpha value is -2.46. The van der Waals surface area contributed by atoms with Crippen LogP contribution in [0.3, 0.4) is 0 Å². The molecule has 1 aliphatic heterocycles. The summed E-state index contributed by atoms with van der Waals surface area (Å²) in [4.78, 5) is 48.6. The van der Waals surface area contributed by atoms with Crippen LogP contribution in [0.15, 0.2) is 11.6 Å². The second-order valence-electron chi connectivity index (χ2n) is 17.4. The highest BCUT2D eigenvalue weighted by atomic mass is 16.8. The molecule has 3 saturated carbocycles. The van der Waals surface area contributed by atoms with Crippen molar-refractivity contribution in [3.63, 3.8) is 0 Å². The van der Waals surface area contributed by atoms with Crippen LogP contribution in [0.5, 0.6) is 0 Å². The molecular formula is C41H64O10. The van der Waals surface area contributed by atoms with E-state index in [0.717, 1.165) is 49.4 Å². The fourth-order valence-electron chi connectivity index (χ4n) is 11.3. The second-order valence-corrected chi connectivity index (χ2v) is 17.4. The average Bonchev–Trinajstić information content (AvgIpc) is 3.38. The number of allylic oxidation sites excluding steroid dienone is 1. The van der Waals surface area contributed by atoms with Crippen molar-refractivity contribution < 1.29 is 47.6 Å². The summed E-state index contributed by atoms with van der Waals surface area (Å²) in [6, 6.07) is 0. The largest absolute Gasteiger partial charge is 0.459 e. The highest BCUT2D eigenvalue weighted by Crippen LogP contribution is 2.67. The second kappa shape index (κ2) is 15.9. The van der Waals surface area contributed by atoms with Crippen LogP contribution in [0.25, 0.3) is 0 Å². The van der Waals surface area contributed by atoms with E-state index < -0.39 is 54.8 Å². The van der Waals surface area contributed by atoms with Gasteiger partial charge >= 0.3 is 23.9 Å². The van der Waals surface area contributed by atoms with Gasteiger partial charge in [-0.3, -0.25) is 19.2 Å². The van der Waals surface area contributed by atoms with Crippen LogP contribution in [0, 0.1) is 46.3 Å². The van der Waals surface area contributed by atoms with Crippen LogP contribution in [-0.2, 0) is 47.6 Å². The van der Waals surface area contributed by atoms with Gasteiger partial charge in [0.05, 0.1) is 6.10 Å². The Bertz CT molecular complexity index is 1330. The molecule has 5 aliphatic rings. The average molecular weight is 717 g/mol. The van der Waals surface area contributed by atoms with Gasteiger partial charge < -0.3 is 28.4 Å². The lowest BCUT2D eigenvalue weighted by atomic mass is 9.47. The molecule has 0 aromatic rings. The highest BCUT2D eigenvalue weighted by Gasteiger charge is 2.60. The summed E-state index contributed by atoms with van der Waals surface area (Å²) >= 11 is 0. The van der Waals surface area contributed by atoms with Gasteiger partial charge in [-0.25, -0.2) is 0 Å². The third-order valence-electron chi connectivity index (χ3n) is 13.6. The van der Waals surface area contributed by atoms with E-state index in [0.29, 0.717) is 17.3 Å². The molecule has 4 aliphatic carbocycles. The Labute approximate surface area is 305 Å². The zero-order valence-corrected chi connectivity index (χ0v) is 32.6. The predicted octanol–water partition coefficient (Wildman–Crippen LogP) is 7.85. The molecule has 0 aromatic carbocycles. The van der Waals surface area contributed by atoms with Gasteiger partial charge in [0.25, 0.3) is 5.79 Å². The quantitative estimate of drug-likeness (QED) is 0.112. The molecule has 0 aromatic heterocycles. The number of hydrogen-bond donors (Lipinski definition) is 0. The minimum absolute atomic E-state index is 0.0766. The van der Waals surface area contributed by atoms with Gasteiger partial charge in [-0.15, -0.1) is 0 Å². The maximum absolute atomic E-state index is 12.3. The normalized spacial score (nSPS) is 39.5. The molecule has 1 heterocycles. The minimum Gasteiger partial charge on any atom is -0.459 e. The summed E-state index contributed by atoms with van der Waals surface area (Å²) < 4.78 is 35.0. The SMILES string of the molecule is CC(=O)OCC1(OC(C)=O)OC(OC2CCC3(C)C(=CCC4C3CCC3(C)C(C(C)CCCC(C)C)CCC43)C2)C(OC(C)=O)CC1OC(C)=O. The third-order valence-corrected chi connectivity index (χ3v) is 13.6. The van der Waals surface area contributed by atoms with Crippen LogP contribution in [0.4, 0.5) is 0 Å². The Morgan fingerprint density at radius 2 is 1.59 bits per heavy atom. The molecule has 10 heteroatoms. The molecule has 0 amide bonds. The molecule has 12 unspecified atom stereocenters. The first-order chi connectivity index (χ1) is 24.0. The van der Waals surface area contributed by atoms with Crippen molar-refractivity contribution >= 4 is 23.9 Å². The fourth-order valence-corrected chi connectivity index (χ4v) is 11.3. The number of carbonyl (C=O) groups excluding carboxylic acids is 4. The van der Waals surface area contributed by atoms with Crippen molar-refractivity contribution in [3.8, 4) is 0 Å². The molecule has 51 heavy (non-hydrogen) atoms. The number of ether oxygens (including phenoxy) is 6. The molecule has 1 saturated heterocycles. The zero-order valence-electron chi connectivity index (χ0n) is 32.6. The first-order valence-electron chi connectivity index (χ1n) is 19.7. The van der Waals surface area contributed by atoms with E-state index >= 15 is 0 Å². The van der Waals surface area contributed by atoms with Crippen LogP contribution < -0.4 is 0 Å². The summed E-state index contributed by atoms with van der Waals surface area (Å²) in [5, 5.41) is 0. The Morgan fingerprint density at radius 3 is 2.24 bits per heavy atom. The molecule has 10 nitrogen and oxygen atoms in total. The van der Waals surface area contributed by atoms with E-state index in [1.165, 1.54) is 78.2 Å². The first kappa shape index (κ1) is 39.7. The van der Waals surface area contributed by atoms with Crippen molar-refractivity contribution in [2.75, 3.05) is 6.61 Å². The fraction of sp³-hybridized carbons (Fsp3) is 0.854. The number of hydrogen-bond acceptors (Lipinski definition) is 10. The van der Waals surface area contributed by atoms with Gasteiger partial charge in [0.2, 0.25) is 0 Å². The molecule has 0 radical (unpaired) electrons. The monoisotopic (exact) mass is 716 g/mol. The maximum atomic E-state index is 12.3. The van der Waals surface area contributed by atoms with E-state index in [1.807, 2.05) is 0 Å². The van der Waals surface area contributed by atoms with Gasteiger partial charge in [0.15, 0.2) is 25.1 Å². The predicted molar refractivity (Wildman–Crippen MR) is 190 cm³/mol. The number of rotatable bonds is 12. The lowest BCUT2D eigenvalue weighted by Gasteiger charge is -2.58. The summed E-state index contributed by atoms with van der Waals surface area (Å²) in [6.07, 6.45) is 11.8. The summed E-state index contributed by atoms with van der Waals surface area (Å²) in [6.45, 7) is 16.7. The molecule has 0 bridgehead atoms. The van der Waals surface area contributed by atoms with Crippen molar-refractivity contribution in [1.82, 2.24) is 0 Å². The summed E-state index contributed by atoms with van der Waals surface area (Å²) in [5.41, 5.74) is 1.96.